The van der Waals surface area contributed by atoms with Crippen LogP contribution in [0.1, 0.15) is 48.5 Å². The first-order valence-corrected chi connectivity index (χ1v) is 10.2. The molecule has 3 rings (SSSR count). The zero-order valence-corrected chi connectivity index (χ0v) is 18.9. The van der Waals surface area contributed by atoms with Gasteiger partial charge in [-0.25, -0.2) is 0 Å². The third-order valence-corrected chi connectivity index (χ3v) is 7.48. The Balaban J connectivity index is 2.45. The monoisotopic (exact) mass is 430 g/mol. The van der Waals surface area contributed by atoms with Gasteiger partial charge in [-0.05, 0) is 65.7 Å². The Labute approximate surface area is 181 Å². The second-order valence-electron chi connectivity index (χ2n) is 9.13. The molecule has 0 aromatic carbocycles. The number of allylic oxidation sites excluding steroid dienone is 6. The summed E-state index contributed by atoms with van der Waals surface area (Å²) in [4.78, 5) is 26.9. The van der Waals surface area contributed by atoms with Gasteiger partial charge in [-0.15, -0.1) is 0 Å². The van der Waals surface area contributed by atoms with Crippen LogP contribution < -0.4 is 0 Å². The zero-order valence-electron chi connectivity index (χ0n) is 18.9. The summed E-state index contributed by atoms with van der Waals surface area (Å²) in [5.74, 6) is -5.76. The summed E-state index contributed by atoms with van der Waals surface area (Å²) in [6.45, 7) is 10.4. The molecule has 168 valence electrons. The van der Waals surface area contributed by atoms with Crippen LogP contribution >= 0.6 is 0 Å². The summed E-state index contributed by atoms with van der Waals surface area (Å²) in [5, 5.41) is 44.8. The van der Waals surface area contributed by atoms with Crippen molar-refractivity contribution in [3.05, 3.63) is 58.1 Å². The lowest BCUT2D eigenvalue weighted by Crippen LogP contribution is -2.67. The maximum Gasteiger partial charge on any atom is 0.213 e. The molecular weight excluding hydrogens is 400 g/mol. The Bertz CT molecular complexity index is 1040. The van der Waals surface area contributed by atoms with E-state index in [4.69, 9.17) is 4.74 Å². The lowest BCUT2D eigenvalue weighted by atomic mass is 9.52. The lowest BCUT2D eigenvalue weighted by molar-refractivity contribution is -0.314. The average Bonchev–Trinajstić information content (AvgIpc) is 2.90. The maximum absolute atomic E-state index is 13.6. The molecule has 1 saturated heterocycles. The van der Waals surface area contributed by atoms with Crippen LogP contribution in [-0.4, -0.2) is 49.0 Å². The number of aliphatic hydroxyl groups excluding tert-OH is 2. The first-order valence-electron chi connectivity index (χ1n) is 10.2. The molecule has 0 radical (unpaired) electrons. The van der Waals surface area contributed by atoms with E-state index in [1.165, 1.54) is 53.7 Å². The summed E-state index contributed by atoms with van der Waals surface area (Å²) in [6, 6.07) is 0. The van der Waals surface area contributed by atoms with Gasteiger partial charge in [0.25, 0.3) is 0 Å². The van der Waals surface area contributed by atoms with Crippen LogP contribution in [0.4, 0.5) is 0 Å². The number of carbonyl (C=O) groups excluding carboxylic acids is 2. The number of fused-ring (bicyclic) bond motifs is 3. The molecule has 0 amide bonds. The number of Topliss-reactive ketones (excluding diaryl/α,β-unsaturated/α-hetero) is 2. The first-order chi connectivity index (χ1) is 14.1. The molecule has 3 aliphatic rings. The lowest BCUT2D eigenvalue weighted by Gasteiger charge is -2.51. The van der Waals surface area contributed by atoms with E-state index in [-0.39, 0.29) is 28.1 Å². The molecular formula is C24H30O7. The maximum atomic E-state index is 13.6. The predicted octanol–water partition coefficient (Wildman–Crippen LogP) is 3.12. The molecule has 0 spiro atoms. The van der Waals surface area contributed by atoms with Crippen molar-refractivity contribution in [2.75, 3.05) is 0 Å². The molecule has 0 saturated carbocycles. The highest BCUT2D eigenvalue weighted by atomic mass is 16.7. The van der Waals surface area contributed by atoms with E-state index in [9.17, 15) is 30.0 Å². The summed E-state index contributed by atoms with van der Waals surface area (Å²) in [7, 11) is 0. The van der Waals surface area contributed by atoms with Crippen molar-refractivity contribution in [2.24, 2.45) is 11.3 Å². The van der Waals surface area contributed by atoms with E-state index in [0.717, 1.165) is 0 Å². The van der Waals surface area contributed by atoms with Gasteiger partial charge >= 0.3 is 0 Å². The number of carbonyl (C=O) groups is 2. The number of hydrogen-bond acceptors (Lipinski definition) is 7. The van der Waals surface area contributed by atoms with Gasteiger partial charge in [-0.3, -0.25) is 9.59 Å². The van der Waals surface area contributed by atoms with Gasteiger partial charge in [0.1, 0.15) is 22.7 Å². The zero-order chi connectivity index (χ0) is 23.7. The fourth-order valence-electron chi connectivity index (χ4n) is 5.46. The molecule has 7 nitrogen and oxygen atoms in total. The van der Waals surface area contributed by atoms with Crippen molar-refractivity contribution in [2.45, 2.75) is 65.5 Å². The van der Waals surface area contributed by atoms with E-state index < -0.39 is 45.6 Å². The highest BCUT2D eigenvalue weighted by Crippen LogP contribution is 2.67. The van der Waals surface area contributed by atoms with Gasteiger partial charge in [-0.2, -0.15) is 0 Å². The molecule has 0 bridgehead atoms. The Morgan fingerprint density at radius 1 is 1.00 bits per heavy atom. The summed E-state index contributed by atoms with van der Waals surface area (Å²) in [5.41, 5.74) is -5.41. The molecule has 1 aliphatic heterocycles. The van der Waals surface area contributed by atoms with Crippen molar-refractivity contribution >= 4 is 11.6 Å². The van der Waals surface area contributed by atoms with Crippen LogP contribution in [0, 0.1) is 11.3 Å². The van der Waals surface area contributed by atoms with Gasteiger partial charge < -0.3 is 25.2 Å². The van der Waals surface area contributed by atoms with E-state index in [2.05, 4.69) is 0 Å². The third-order valence-electron chi connectivity index (χ3n) is 7.48. The molecule has 7 heteroatoms. The van der Waals surface area contributed by atoms with Crippen molar-refractivity contribution in [1.29, 1.82) is 0 Å². The van der Waals surface area contributed by atoms with Crippen LogP contribution in [0.25, 0.3) is 0 Å². The summed E-state index contributed by atoms with van der Waals surface area (Å²) < 4.78 is 5.96. The molecule has 2 aliphatic carbocycles. The molecule has 31 heavy (non-hydrogen) atoms. The van der Waals surface area contributed by atoms with Gasteiger partial charge in [0.15, 0.2) is 11.6 Å². The normalized spacial score (nSPS) is 42.7. The molecule has 4 N–H and O–H groups in total. The van der Waals surface area contributed by atoms with Crippen molar-refractivity contribution in [3.8, 4) is 0 Å². The van der Waals surface area contributed by atoms with Gasteiger partial charge in [-0.1, -0.05) is 18.2 Å². The van der Waals surface area contributed by atoms with Crippen molar-refractivity contribution in [3.63, 3.8) is 0 Å². The minimum Gasteiger partial charge on any atom is -0.508 e. The van der Waals surface area contributed by atoms with Crippen LogP contribution in [0.3, 0.4) is 0 Å². The minimum absolute atomic E-state index is 0.0703. The quantitative estimate of drug-likeness (QED) is 0.392. The summed E-state index contributed by atoms with van der Waals surface area (Å²) >= 11 is 0. The van der Waals surface area contributed by atoms with E-state index >= 15 is 0 Å². The van der Waals surface area contributed by atoms with E-state index in [1.807, 2.05) is 0 Å². The fraction of sp³-hybridized carbons (Fsp3) is 0.500. The largest absolute Gasteiger partial charge is 0.508 e. The van der Waals surface area contributed by atoms with Gasteiger partial charge in [0.2, 0.25) is 5.79 Å². The molecule has 0 aromatic rings. The van der Waals surface area contributed by atoms with Crippen molar-refractivity contribution in [1.82, 2.24) is 0 Å². The predicted molar refractivity (Wildman–Crippen MR) is 114 cm³/mol. The van der Waals surface area contributed by atoms with E-state index in [0.29, 0.717) is 0 Å². The highest BCUT2D eigenvalue weighted by molar-refractivity contribution is 6.09. The smallest absolute Gasteiger partial charge is 0.213 e. The minimum atomic E-state index is -2.49. The molecule has 5 unspecified atom stereocenters. The molecule has 5 atom stereocenters. The van der Waals surface area contributed by atoms with Crippen LogP contribution in [0.15, 0.2) is 58.1 Å². The Kier molecular flexibility index (Phi) is 5.05. The first kappa shape index (κ1) is 23.2. The van der Waals surface area contributed by atoms with Crippen LogP contribution in [0.5, 0.6) is 0 Å². The van der Waals surface area contributed by atoms with Crippen LogP contribution in [-0.2, 0) is 14.3 Å². The number of aliphatic hydroxyl groups is 4. The van der Waals surface area contributed by atoms with Gasteiger partial charge in [0.05, 0.1) is 5.41 Å². The fourth-order valence-corrected chi connectivity index (χ4v) is 5.46. The van der Waals surface area contributed by atoms with Crippen molar-refractivity contribution < 1.29 is 34.8 Å². The number of ketones is 2. The number of ether oxygens (including phenoxy) is 1. The average molecular weight is 430 g/mol. The Morgan fingerprint density at radius 3 is 2.13 bits per heavy atom. The SMILES string of the molecule is CC=CC=CC(O)=C1C(O)=C(C)C(=O)C2(C)OC3(O)C(C)(O)C(C)=C(C)C(=O)C3(C)C12. The summed E-state index contributed by atoms with van der Waals surface area (Å²) in [6.07, 6.45) is 6.27. The van der Waals surface area contributed by atoms with Crippen LogP contribution in [0.2, 0.25) is 0 Å². The highest BCUT2D eigenvalue weighted by Gasteiger charge is 2.81. The number of hydrogen-bond donors (Lipinski definition) is 4. The Hall–Kier alpha value is -2.48. The number of rotatable bonds is 2. The topological polar surface area (TPSA) is 124 Å². The second-order valence-corrected chi connectivity index (χ2v) is 9.13. The molecule has 0 aromatic heterocycles. The van der Waals surface area contributed by atoms with E-state index in [1.54, 1.807) is 19.1 Å². The standard InChI is InChI=1S/C24H30O7/c1-8-9-10-11-15(25)16-17(26)13(3)20(28)22(6)18(16)21(5)19(27)12(2)14(4)23(7,29)24(21,30)31-22/h8-11,18,25-26,29-30H,1-7H3. The second kappa shape index (κ2) is 6.76. The van der Waals surface area contributed by atoms with Gasteiger partial charge in [0, 0.05) is 17.1 Å². The Morgan fingerprint density at radius 2 is 1.58 bits per heavy atom. The third kappa shape index (κ3) is 2.51. The molecule has 1 fully saturated rings. The molecule has 1 heterocycles.